The van der Waals surface area contributed by atoms with Crippen molar-refractivity contribution in [2.45, 2.75) is 57.8 Å². The molecule has 0 aliphatic carbocycles. The molecule has 1 atom stereocenters. The smallest absolute Gasteiger partial charge is 0.412 e. The number of rotatable bonds is 6. The number of sulfonamides is 1. The van der Waals surface area contributed by atoms with Crippen LogP contribution in [-0.4, -0.2) is 55.0 Å². The summed E-state index contributed by atoms with van der Waals surface area (Å²) in [6.45, 7) is 4.37. The predicted octanol–water partition coefficient (Wildman–Crippen LogP) is 3.03. The van der Waals surface area contributed by atoms with Crippen molar-refractivity contribution in [2.75, 3.05) is 22.7 Å². The zero-order valence-electron chi connectivity index (χ0n) is 19.8. The van der Waals surface area contributed by atoms with Crippen LogP contribution >= 0.6 is 0 Å². The van der Waals surface area contributed by atoms with Crippen LogP contribution in [0.3, 0.4) is 0 Å². The van der Waals surface area contributed by atoms with Gasteiger partial charge in [-0.2, -0.15) is 13.9 Å². The first-order valence-corrected chi connectivity index (χ1v) is 12.0. The summed E-state index contributed by atoms with van der Waals surface area (Å²) in [5.41, 5.74) is -0.700. The van der Waals surface area contributed by atoms with E-state index in [0.29, 0.717) is 4.68 Å². The van der Waals surface area contributed by atoms with Gasteiger partial charge in [-0.25, -0.2) is 17.9 Å². The molecule has 1 aromatic carbocycles. The Morgan fingerprint density at radius 1 is 1.31 bits per heavy atom. The highest BCUT2D eigenvalue weighted by Crippen LogP contribution is 2.39. The number of benzene rings is 1. The Morgan fingerprint density at radius 2 is 2.00 bits per heavy atom. The lowest BCUT2D eigenvalue weighted by atomic mass is 10.2. The van der Waals surface area contributed by atoms with Gasteiger partial charge < -0.3 is 14.8 Å². The molecule has 192 valence electrons. The van der Waals surface area contributed by atoms with Gasteiger partial charge in [0, 0.05) is 12.6 Å². The number of alkyl halides is 2. The van der Waals surface area contributed by atoms with Crippen molar-refractivity contribution in [2.24, 2.45) is 0 Å². The van der Waals surface area contributed by atoms with E-state index < -0.39 is 39.3 Å². The molecule has 0 saturated carbocycles. The van der Waals surface area contributed by atoms with Crippen LogP contribution in [-0.2, 0) is 19.6 Å². The number of anilines is 2. The Balaban J connectivity index is 2.02. The minimum Gasteiger partial charge on any atom is -0.484 e. The Hall–Kier alpha value is -3.42. The third kappa shape index (κ3) is 5.99. The van der Waals surface area contributed by atoms with E-state index >= 15 is 0 Å². The van der Waals surface area contributed by atoms with Gasteiger partial charge in [0.05, 0.1) is 30.7 Å². The van der Waals surface area contributed by atoms with Gasteiger partial charge in [0.2, 0.25) is 5.91 Å². The highest BCUT2D eigenvalue weighted by Gasteiger charge is 2.37. The summed E-state index contributed by atoms with van der Waals surface area (Å²) >= 11 is 0. The van der Waals surface area contributed by atoms with E-state index in [4.69, 9.17) is 9.47 Å². The number of halogens is 2. The topological polar surface area (TPSA) is 132 Å². The van der Waals surface area contributed by atoms with Crippen molar-refractivity contribution in [3.8, 4) is 5.75 Å². The van der Waals surface area contributed by atoms with E-state index in [0.717, 1.165) is 10.5 Å². The number of aromatic nitrogens is 2. The van der Waals surface area contributed by atoms with Gasteiger partial charge in [-0.15, -0.1) is 0 Å². The van der Waals surface area contributed by atoms with Crippen LogP contribution in [0.5, 0.6) is 5.75 Å². The molecule has 14 heteroatoms. The van der Waals surface area contributed by atoms with Gasteiger partial charge in [0.25, 0.3) is 10.0 Å². The Labute approximate surface area is 201 Å². The Bertz CT molecular complexity index is 1230. The molecule has 2 heterocycles. The van der Waals surface area contributed by atoms with E-state index in [-0.39, 0.29) is 41.8 Å². The second-order valence-corrected chi connectivity index (χ2v) is 10.7. The quantitative estimate of drug-likeness (QED) is 0.604. The third-order valence-corrected chi connectivity index (χ3v) is 6.75. The number of ether oxygens (including phenoxy) is 2. The molecule has 1 aromatic heterocycles. The number of nitrogens with one attached hydrogen (secondary N) is 2. The second kappa shape index (κ2) is 9.68. The van der Waals surface area contributed by atoms with Crippen molar-refractivity contribution in [3.05, 3.63) is 30.1 Å². The fourth-order valence-electron chi connectivity index (χ4n) is 3.38. The van der Waals surface area contributed by atoms with Crippen LogP contribution < -0.4 is 19.7 Å². The zero-order valence-corrected chi connectivity index (χ0v) is 20.7. The van der Waals surface area contributed by atoms with E-state index in [1.165, 1.54) is 32.0 Å². The maximum Gasteiger partial charge on any atom is 0.412 e. The molecule has 2 amide bonds. The van der Waals surface area contributed by atoms with Gasteiger partial charge in [-0.05, 0) is 45.9 Å². The molecule has 0 fully saturated rings. The lowest BCUT2D eigenvalue weighted by Crippen LogP contribution is -2.48. The van der Waals surface area contributed by atoms with Crippen LogP contribution in [0.2, 0.25) is 0 Å². The number of hydrogen-bond acceptors (Lipinski definition) is 7. The fourth-order valence-corrected chi connectivity index (χ4v) is 5.03. The molecule has 11 nitrogen and oxygen atoms in total. The summed E-state index contributed by atoms with van der Waals surface area (Å²) in [5.74, 6) is -0.177. The first-order chi connectivity index (χ1) is 16.2. The lowest BCUT2D eigenvalue weighted by Gasteiger charge is -2.35. The zero-order chi connectivity index (χ0) is 26.1. The molecule has 0 spiro atoms. The molecule has 0 radical (unpaired) electrons. The van der Waals surface area contributed by atoms with Crippen LogP contribution in [0.1, 0.15) is 39.9 Å². The molecule has 3 rings (SSSR count). The van der Waals surface area contributed by atoms with Gasteiger partial charge in [0.1, 0.15) is 22.4 Å². The average Bonchev–Trinajstić information content (AvgIpc) is 3.12. The van der Waals surface area contributed by atoms with Crippen LogP contribution in [0.15, 0.2) is 29.3 Å². The SMILES string of the molecule is CC(=O)NC[C@H]1CN(S(=O)(=O)c2cnn(C(F)F)c2C)c2cc(NC(=O)OC(C)(C)C)ccc2O1. The Kier molecular flexibility index (Phi) is 7.24. The van der Waals surface area contributed by atoms with Crippen molar-refractivity contribution < 1.29 is 36.3 Å². The normalized spacial score (nSPS) is 15.9. The van der Waals surface area contributed by atoms with Gasteiger partial charge in [0.15, 0.2) is 0 Å². The molecule has 2 N–H and O–H groups in total. The number of amides is 2. The third-order valence-electron chi connectivity index (χ3n) is 4.87. The predicted molar refractivity (Wildman–Crippen MR) is 122 cm³/mol. The number of carbonyl (C=O) groups is 2. The molecule has 2 aromatic rings. The van der Waals surface area contributed by atoms with Crippen LogP contribution in [0, 0.1) is 6.92 Å². The van der Waals surface area contributed by atoms with Crippen LogP contribution in [0.25, 0.3) is 0 Å². The molecule has 1 aliphatic rings. The van der Waals surface area contributed by atoms with Gasteiger partial charge in [-0.3, -0.25) is 14.4 Å². The fraction of sp³-hybridized carbons (Fsp3) is 0.476. The first-order valence-electron chi connectivity index (χ1n) is 10.6. The molecule has 0 bridgehead atoms. The molecule has 35 heavy (non-hydrogen) atoms. The van der Waals surface area contributed by atoms with Crippen molar-refractivity contribution in [1.82, 2.24) is 15.1 Å². The first kappa shape index (κ1) is 26.2. The molecular weight excluding hydrogens is 488 g/mol. The standard InChI is InChI=1S/C21H27F2N5O6S/c1-12-18(10-25-28(12)19(22)23)35(31,32)27-11-15(9-24-13(2)29)33-17-7-6-14(8-16(17)27)26-20(30)34-21(3,4)5/h6-8,10,15,19H,9,11H2,1-5H3,(H,24,29)(H,26,30)/t15-/m0/s1. The molecule has 0 saturated heterocycles. The minimum atomic E-state index is -4.38. The summed E-state index contributed by atoms with van der Waals surface area (Å²) in [6.07, 6.45) is -0.658. The summed E-state index contributed by atoms with van der Waals surface area (Å²) < 4.78 is 66.0. The highest BCUT2D eigenvalue weighted by atomic mass is 32.2. The summed E-state index contributed by atoms with van der Waals surface area (Å²) in [6, 6.07) is 4.33. The number of nitrogens with zero attached hydrogens (tertiary/aromatic N) is 3. The number of carbonyl (C=O) groups excluding carboxylic acids is 2. The summed E-state index contributed by atoms with van der Waals surface area (Å²) in [4.78, 5) is 23.1. The number of hydrogen-bond donors (Lipinski definition) is 2. The molecular formula is C21H27F2N5O6S. The monoisotopic (exact) mass is 515 g/mol. The van der Waals surface area contributed by atoms with Crippen molar-refractivity contribution in [3.63, 3.8) is 0 Å². The minimum absolute atomic E-state index is 0.00792. The summed E-state index contributed by atoms with van der Waals surface area (Å²) in [5, 5.41) is 8.60. The molecule has 0 unspecified atom stereocenters. The number of fused-ring (bicyclic) bond motifs is 1. The maximum absolute atomic E-state index is 13.6. The summed E-state index contributed by atoms with van der Waals surface area (Å²) in [7, 11) is -4.38. The van der Waals surface area contributed by atoms with Gasteiger partial charge >= 0.3 is 12.6 Å². The van der Waals surface area contributed by atoms with E-state index in [2.05, 4.69) is 15.7 Å². The van der Waals surface area contributed by atoms with Crippen molar-refractivity contribution >= 4 is 33.4 Å². The van der Waals surface area contributed by atoms with Gasteiger partial charge in [-0.1, -0.05) is 0 Å². The highest BCUT2D eigenvalue weighted by molar-refractivity contribution is 7.92. The lowest BCUT2D eigenvalue weighted by molar-refractivity contribution is -0.119. The Morgan fingerprint density at radius 3 is 2.57 bits per heavy atom. The van der Waals surface area contributed by atoms with E-state index in [9.17, 15) is 26.8 Å². The van der Waals surface area contributed by atoms with Crippen molar-refractivity contribution in [1.29, 1.82) is 0 Å². The van der Waals surface area contributed by atoms with E-state index in [1.807, 2.05) is 0 Å². The van der Waals surface area contributed by atoms with Crippen LogP contribution in [0.4, 0.5) is 25.0 Å². The molecule has 1 aliphatic heterocycles. The second-order valence-electron chi connectivity index (χ2n) is 8.84. The largest absolute Gasteiger partial charge is 0.484 e. The van der Waals surface area contributed by atoms with E-state index in [1.54, 1.807) is 20.8 Å². The average molecular weight is 516 g/mol. The maximum atomic E-state index is 13.6.